The summed E-state index contributed by atoms with van der Waals surface area (Å²) in [6.07, 6.45) is 1.45. The molecule has 0 amide bonds. The van der Waals surface area contributed by atoms with Crippen LogP contribution in [-0.4, -0.2) is 37.5 Å². The van der Waals surface area contributed by atoms with E-state index in [-0.39, 0.29) is 25.4 Å². The van der Waals surface area contributed by atoms with Gasteiger partial charge in [0.05, 0.1) is 23.7 Å². The summed E-state index contributed by atoms with van der Waals surface area (Å²) in [6.45, 7) is 1.86. The van der Waals surface area contributed by atoms with Gasteiger partial charge in [-0.05, 0) is 37.3 Å². The minimum Gasteiger partial charge on any atom is -0.476 e. The van der Waals surface area contributed by atoms with Gasteiger partial charge in [-0.3, -0.25) is 5.10 Å². The molecule has 3 aromatic heterocycles. The number of nitrogens with zero attached hydrogens (tertiary/aromatic N) is 4. The number of pyridine rings is 1. The standard InChI is InChI=1S/C21H16F3N5O/c1-11-6-14(15-7-25-27-18(15)26-11)16-17(12-2-4-13(22)5-3-12)28-29-9-20(8-21(20,23)24)10-30-19(16)29/h2-7H,8-10H2,1H3,(H,25,26,27). The third-order valence-corrected chi connectivity index (χ3v) is 5.99. The zero-order valence-corrected chi connectivity index (χ0v) is 15.9. The average Bonchev–Trinajstić information content (AvgIpc) is 3.08. The van der Waals surface area contributed by atoms with Crippen LogP contribution < -0.4 is 4.74 Å². The largest absolute Gasteiger partial charge is 0.476 e. The molecular weight excluding hydrogens is 395 g/mol. The molecule has 1 atom stereocenters. The molecule has 1 saturated carbocycles. The van der Waals surface area contributed by atoms with Gasteiger partial charge in [0.25, 0.3) is 5.92 Å². The van der Waals surface area contributed by atoms with Gasteiger partial charge in [0.1, 0.15) is 18.1 Å². The van der Waals surface area contributed by atoms with Gasteiger partial charge in [0.15, 0.2) is 5.65 Å². The van der Waals surface area contributed by atoms with Gasteiger partial charge in [-0.25, -0.2) is 22.8 Å². The lowest BCUT2D eigenvalue weighted by Gasteiger charge is -2.24. The molecule has 1 spiro atoms. The van der Waals surface area contributed by atoms with Crippen LogP contribution in [0.4, 0.5) is 13.2 Å². The number of fused-ring (bicyclic) bond motifs is 2. The van der Waals surface area contributed by atoms with E-state index in [1.807, 2.05) is 13.0 Å². The van der Waals surface area contributed by atoms with Gasteiger partial charge >= 0.3 is 0 Å². The SMILES string of the molecule is Cc1cc(-c2c(-c3ccc(F)cc3)nn3c2OCC2(C3)CC2(F)F)c2cn[nH]c2n1. The second kappa shape index (κ2) is 5.62. The Morgan fingerprint density at radius 2 is 1.97 bits per heavy atom. The van der Waals surface area contributed by atoms with Crippen molar-refractivity contribution in [2.75, 3.05) is 6.61 Å². The maximum Gasteiger partial charge on any atom is 0.259 e. The topological polar surface area (TPSA) is 68.6 Å². The highest BCUT2D eigenvalue weighted by Crippen LogP contribution is 2.63. The lowest BCUT2D eigenvalue weighted by molar-refractivity contribution is 0.0154. The van der Waals surface area contributed by atoms with E-state index in [1.165, 1.54) is 16.8 Å². The molecule has 1 fully saturated rings. The van der Waals surface area contributed by atoms with Crippen molar-refractivity contribution in [2.45, 2.75) is 25.8 Å². The van der Waals surface area contributed by atoms with E-state index in [2.05, 4.69) is 20.3 Å². The van der Waals surface area contributed by atoms with E-state index in [9.17, 15) is 13.2 Å². The molecule has 152 valence electrons. The fourth-order valence-electron chi connectivity index (χ4n) is 4.26. The molecule has 1 aromatic carbocycles. The molecule has 6 nitrogen and oxygen atoms in total. The van der Waals surface area contributed by atoms with E-state index in [4.69, 9.17) is 4.74 Å². The number of ether oxygens (including phenoxy) is 1. The summed E-state index contributed by atoms with van der Waals surface area (Å²) in [6, 6.07) is 7.83. The molecule has 1 unspecified atom stereocenters. The Morgan fingerprint density at radius 1 is 1.20 bits per heavy atom. The number of hydrogen-bond donors (Lipinski definition) is 1. The Balaban J connectivity index is 1.61. The van der Waals surface area contributed by atoms with Crippen LogP contribution in [0.2, 0.25) is 0 Å². The first-order valence-corrected chi connectivity index (χ1v) is 9.55. The van der Waals surface area contributed by atoms with Gasteiger partial charge in [-0.15, -0.1) is 0 Å². The number of H-pyrrole nitrogens is 1. The number of aryl methyl sites for hydroxylation is 1. The van der Waals surface area contributed by atoms with E-state index in [1.54, 1.807) is 18.3 Å². The number of alkyl halides is 2. The molecule has 0 saturated heterocycles. The first kappa shape index (κ1) is 17.5. The van der Waals surface area contributed by atoms with E-state index < -0.39 is 11.3 Å². The van der Waals surface area contributed by atoms with Crippen molar-refractivity contribution in [2.24, 2.45) is 5.41 Å². The lowest BCUT2D eigenvalue weighted by atomic mass is 9.98. The summed E-state index contributed by atoms with van der Waals surface area (Å²) >= 11 is 0. The molecule has 30 heavy (non-hydrogen) atoms. The summed E-state index contributed by atoms with van der Waals surface area (Å²) in [4.78, 5) is 4.45. The molecule has 0 bridgehead atoms. The average molecular weight is 411 g/mol. The molecule has 4 heterocycles. The summed E-state index contributed by atoms with van der Waals surface area (Å²) in [7, 11) is 0. The molecule has 6 rings (SSSR count). The third kappa shape index (κ3) is 2.34. The van der Waals surface area contributed by atoms with Gasteiger partial charge in [-0.1, -0.05) is 0 Å². The smallest absolute Gasteiger partial charge is 0.259 e. The quantitative estimate of drug-likeness (QED) is 0.532. The van der Waals surface area contributed by atoms with Crippen LogP contribution in [0.1, 0.15) is 12.1 Å². The number of aromatic amines is 1. The van der Waals surface area contributed by atoms with E-state index in [0.717, 1.165) is 16.6 Å². The van der Waals surface area contributed by atoms with Crippen LogP contribution in [0, 0.1) is 18.2 Å². The van der Waals surface area contributed by atoms with Crippen LogP contribution in [0.3, 0.4) is 0 Å². The normalized spacial score (nSPS) is 21.6. The molecule has 1 aliphatic heterocycles. The number of halogens is 3. The van der Waals surface area contributed by atoms with Gasteiger partial charge in [-0.2, -0.15) is 10.2 Å². The number of benzene rings is 1. The maximum absolute atomic E-state index is 14.0. The highest BCUT2D eigenvalue weighted by atomic mass is 19.3. The molecule has 1 aliphatic carbocycles. The summed E-state index contributed by atoms with van der Waals surface area (Å²) in [5.74, 6) is -2.69. The third-order valence-electron chi connectivity index (χ3n) is 5.99. The molecule has 1 N–H and O–H groups in total. The van der Waals surface area contributed by atoms with Gasteiger partial charge in [0.2, 0.25) is 5.88 Å². The molecular formula is C21H16F3N5O. The van der Waals surface area contributed by atoms with Crippen LogP contribution in [0.25, 0.3) is 33.4 Å². The zero-order chi connectivity index (χ0) is 20.7. The number of nitrogens with one attached hydrogen (secondary N) is 1. The Morgan fingerprint density at radius 3 is 2.70 bits per heavy atom. The van der Waals surface area contributed by atoms with E-state index >= 15 is 0 Å². The Bertz CT molecular complexity index is 1310. The fraction of sp³-hybridized carbons (Fsp3) is 0.286. The lowest BCUT2D eigenvalue weighted by Crippen LogP contribution is -2.31. The second-order valence-electron chi connectivity index (χ2n) is 8.09. The summed E-state index contributed by atoms with van der Waals surface area (Å²) < 4.78 is 48.9. The fourth-order valence-corrected chi connectivity index (χ4v) is 4.26. The van der Waals surface area contributed by atoms with Gasteiger partial charge in [0, 0.05) is 28.6 Å². The predicted octanol–water partition coefficient (Wildman–Crippen LogP) is 4.35. The second-order valence-corrected chi connectivity index (χ2v) is 8.09. The van der Waals surface area contributed by atoms with Gasteiger partial charge < -0.3 is 4.74 Å². The van der Waals surface area contributed by atoms with Crippen molar-refractivity contribution >= 4 is 11.0 Å². The van der Waals surface area contributed by atoms with Crippen LogP contribution in [-0.2, 0) is 6.54 Å². The van der Waals surface area contributed by atoms with Crippen molar-refractivity contribution in [3.63, 3.8) is 0 Å². The highest BCUT2D eigenvalue weighted by Gasteiger charge is 2.73. The van der Waals surface area contributed by atoms with Crippen molar-refractivity contribution in [3.8, 4) is 28.3 Å². The van der Waals surface area contributed by atoms with Crippen LogP contribution in [0.15, 0.2) is 36.5 Å². The molecule has 2 aliphatic rings. The number of aromatic nitrogens is 5. The summed E-state index contributed by atoms with van der Waals surface area (Å²) in [5.41, 5.74) is 2.81. The molecule has 4 aromatic rings. The van der Waals surface area contributed by atoms with Crippen LogP contribution >= 0.6 is 0 Å². The van der Waals surface area contributed by atoms with Crippen LogP contribution in [0.5, 0.6) is 5.88 Å². The Labute approximate surface area is 168 Å². The zero-order valence-electron chi connectivity index (χ0n) is 15.9. The Hall–Kier alpha value is -3.36. The van der Waals surface area contributed by atoms with Crippen molar-refractivity contribution in [1.29, 1.82) is 0 Å². The number of rotatable bonds is 2. The first-order valence-electron chi connectivity index (χ1n) is 9.55. The highest BCUT2D eigenvalue weighted by molar-refractivity contribution is 5.98. The first-order chi connectivity index (χ1) is 14.4. The predicted molar refractivity (Wildman–Crippen MR) is 103 cm³/mol. The maximum atomic E-state index is 14.0. The minimum atomic E-state index is -2.75. The van der Waals surface area contributed by atoms with Crippen molar-refractivity contribution in [1.82, 2.24) is 25.0 Å². The van der Waals surface area contributed by atoms with Crippen molar-refractivity contribution < 1.29 is 17.9 Å². The van der Waals surface area contributed by atoms with Crippen molar-refractivity contribution in [3.05, 3.63) is 48.0 Å². The molecule has 0 radical (unpaired) electrons. The van der Waals surface area contributed by atoms with E-state index in [0.29, 0.717) is 28.3 Å². The minimum absolute atomic E-state index is 0.0693. The summed E-state index contributed by atoms with van der Waals surface area (Å²) in [5, 5.41) is 12.4. The molecule has 9 heteroatoms. The number of hydrogen-bond acceptors (Lipinski definition) is 4. The monoisotopic (exact) mass is 411 g/mol. The Kier molecular flexibility index (Phi) is 3.28.